The molecule has 0 unspecified atom stereocenters. The minimum atomic E-state index is -0.956. The summed E-state index contributed by atoms with van der Waals surface area (Å²) in [6, 6.07) is 16.6. The molecule has 0 aliphatic heterocycles. The van der Waals surface area contributed by atoms with E-state index in [2.05, 4.69) is 16.2 Å². The Kier molecular flexibility index (Phi) is 7.07. The minimum absolute atomic E-state index is 0.0109. The third-order valence-corrected chi connectivity index (χ3v) is 5.14. The van der Waals surface area contributed by atoms with Crippen molar-refractivity contribution in [2.45, 2.75) is 12.5 Å². The second-order valence-corrected chi connectivity index (χ2v) is 7.39. The van der Waals surface area contributed by atoms with Crippen LogP contribution in [0, 0.1) is 10.1 Å². The summed E-state index contributed by atoms with van der Waals surface area (Å²) in [7, 11) is 0. The molecule has 3 rings (SSSR count). The van der Waals surface area contributed by atoms with Gasteiger partial charge >= 0.3 is 0 Å². The molecular weight excluding hydrogens is 420 g/mol. The average Bonchev–Trinajstić information content (AvgIpc) is 3.32. The first-order valence-corrected chi connectivity index (χ1v) is 10.0. The molecule has 0 saturated carbocycles. The van der Waals surface area contributed by atoms with Crippen LogP contribution in [-0.4, -0.2) is 28.7 Å². The molecule has 10 heteroatoms. The van der Waals surface area contributed by atoms with Gasteiger partial charge in [-0.15, -0.1) is 11.3 Å². The number of rotatable bonds is 7. The molecule has 2 aromatic carbocycles. The van der Waals surface area contributed by atoms with Gasteiger partial charge in [0.25, 0.3) is 23.4 Å². The van der Waals surface area contributed by atoms with Crippen molar-refractivity contribution in [2.75, 3.05) is 0 Å². The Labute approximate surface area is 181 Å². The first kappa shape index (κ1) is 21.7. The monoisotopic (exact) mass is 438 g/mol. The summed E-state index contributed by atoms with van der Waals surface area (Å²) >= 11 is 1.24. The Balaban J connectivity index is 1.68. The number of carbonyl (C=O) groups excluding carboxylic acids is 3. The number of nitro benzene ring substituents is 1. The minimum Gasteiger partial charge on any atom is -0.339 e. The maximum absolute atomic E-state index is 12.7. The highest BCUT2D eigenvalue weighted by Gasteiger charge is 2.23. The van der Waals surface area contributed by atoms with E-state index < -0.39 is 28.7 Å². The number of nitro groups is 1. The third kappa shape index (κ3) is 5.97. The molecule has 1 aromatic heterocycles. The fraction of sp³-hybridized carbons (Fsp3) is 0.0952. The number of non-ortho nitro benzene ring substituents is 1. The van der Waals surface area contributed by atoms with E-state index in [1.165, 1.54) is 29.5 Å². The van der Waals surface area contributed by atoms with E-state index in [-0.39, 0.29) is 17.7 Å². The molecule has 0 spiro atoms. The predicted octanol–water partition coefficient (Wildman–Crippen LogP) is 2.46. The van der Waals surface area contributed by atoms with Gasteiger partial charge in [0.15, 0.2) is 0 Å². The topological polar surface area (TPSA) is 130 Å². The second kappa shape index (κ2) is 10.1. The van der Waals surface area contributed by atoms with E-state index >= 15 is 0 Å². The second-order valence-electron chi connectivity index (χ2n) is 6.44. The van der Waals surface area contributed by atoms with E-state index in [4.69, 9.17) is 0 Å². The van der Waals surface area contributed by atoms with Gasteiger partial charge in [0.1, 0.15) is 6.04 Å². The fourth-order valence-electron chi connectivity index (χ4n) is 2.73. The molecule has 1 heterocycles. The molecule has 3 aromatic rings. The number of benzene rings is 2. The van der Waals surface area contributed by atoms with E-state index in [0.29, 0.717) is 4.88 Å². The highest BCUT2D eigenvalue weighted by atomic mass is 32.1. The smallest absolute Gasteiger partial charge is 0.270 e. The van der Waals surface area contributed by atoms with Crippen molar-refractivity contribution >= 4 is 34.7 Å². The zero-order chi connectivity index (χ0) is 22.2. The molecular formula is C21H18N4O5S. The van der Waals surface area contributed by atoms with Crippen LogP contribution in [0.2, 0.25) is 0 Å². The molecule has 0 fully saturated rings. The van der Waals surface area contributed by atoms with Crippen molar-refractivity contribution < 1.29 is 19.3 Å². The number of hydrogen-bond donors (Lipinski definition) is 3. The van der Waals surface area contributed by atoms with E-state index in [0.717, 1.165) is 11.6 Å². The molecule has 0 aliphatic rings. The van der Waals surface area contributed by atoms with Gasteiger partial charge in [-0.3, -0.25) is 35.3 Å². The highest BCUT2D eigenvalue weighted by Crippen LogP contribution is 2.13. The van der Waals surface area contributed by atoms with Crippen molar-refractivity contribution in [3.8, 4) is 0 Å². The molecule has 0 aliphatic carbocycles. The Morgan fingerprint density at radius 1 is 0.935 bits per heavy atom. The van der Waals surface area contributed by atoms with Crippen molar-refractivity contribution in [1.82, 2.24) is 16.2 Å². The first-order valence-electron chi connectivity index (χ1n) is 9.17. The third-order valence-electron chi connectivity index (χ3n) is 4.27. The molecule has 3 amide bonds. The van der Waals surface area contributed by atoms with Gasteiger partial charge < -0.3 is 5.32 Å². The Morgan fingerprint density at radius 3 is 2.39 bits per heavy atom. The fourth-order valence-corrected chi connectivity index (χ4v) is 3.36. The number of carbonyl (C=O) groups is 3. The lowest BCUT2D eigenvalue weighted by molar-refractivity contribution is -0.384. The summed E-state index contributed by atoms with van der Waals surface area (Å²) in [5.41, 5.74) is 5.09. The van der Waals surface area contributed by atoms with Crippen LogP contribution >= 0.6 is 11.3 Å². The molecule has 0 radical (unpaired) electrons. The van der Waals surface area contributed by atoms with Gasteiger partial charge in [-0.1, -0.05) is 42.5 Å². The maximum atomic E-state index is 12.7. The lowest BCUT2D eigenvalue weighted by Crippen LogP contribution is -2.53. The maximum Gasteiger partial charge on any atom is 0.270 e. The van der Waals surface area contributed by atoms with E-state index in [1.807, 2.05) is 30.3 Å². The van der Waals surface area contributed by atoms with Crippen LogP contribution in [-0.2, 0) is 11.2 Å². The molecule has 0 bridgehead atoms. The first-order chi connectivity index (χ1) is 14.9. The molecule has 158 valence electrons. The lowest BCUT2D eigenvalue weighted by Gasteiger charge is -2.18. The Hall–Kier alpha value is -4.05. The van der Waals surface area contributed by atoms with Crippen LogP contribution < -0.4 is 16.2 Å². The number of nitrogens with one attached hydrogen (secondary N) is 3. The number of nitrogens with zero attached hydrogens (tertiary/aromatic N) is 1. The lowest BCUT2D eigenvalue weighted by atomic mass is 10.1. The SMILES string of the molecule is O=C(NNC(=O)[C@H](Cc1ccccc1)NC(=O)c1cccs1)c1cccc([N+](=O)[O-])c1. The van der Waals surface area contributed by atoms with Crippen LogP contribution in [0.5, 0.6) is 0 Å². The summed E-state index contributed by atoms with van der Waals surface area (Å²) < 4.78 is 0. The number of thiophene rings is 1. The summed E-state index contributed by atoms with van der Waals surface area (Å²) in [6.45, 7) is 0. The van der Waals surface area contributed by atoms with Gasteiger partial charge in [-0.2, -0.15) is 0 Å². The Bertz CT molecular complexity index is 1090. The molecule has 9 nitrogen and oxygen atoms in total. The zero-order valence-corrected chi connectivity index (χ0v) is 16.9. The Morgan fingerprint density at radius 2 is 1.71 bits per heavy atom. The van der Waals surface area contributed by atoms with Crippen molar-refractivity contribution in [3.63, 3.8) is 0 Å². The van der Waals surface area contributed by atoms with Crippen LogP contribution in [0.1, 0.15) is 25.6 Å². The highest BCUT2D eigenvalue weighted by molar-refractivity contribution is 7.12. The number of hydrogen-bond acceptors (Lipinski definition) is 6. The predicted molar refractivity (Wildman–Crippen MR) is 114 cm³/mol. The summed E-state index contributed by atoms with van der Waals surface area (Å²) in [5, 5.41) is 15.3. The van der Waals surface area contributed by atoms with Crippen molar-refractivity contribution in [1.29, 1.82) is 0 Å². The standard InChI is InChI=1S/C21H18N4O5S/c26-19(15-8-4-9-16(13-15)25(29)30)23-24-20(27)17(12-14-6-2-1-3-7-14)22-21(28)18-10-5-11-31-18/h1-11,13,17H,12H2,(H,22,28)(H,23,26)(H,24,27)/t17-/m0/s1. The largest absolute Gasteiger partial charge is 0.339 e. The molecule has 31 heavy (non-hydrogen) atoms. The molecule has 0 saturated heterocycles. The summed E-state index contributed by atoms with van der Waals surface area (Å²) in [5.74, 6) is -1.76. The average molecular weight is 438 g/mol. The van der Waals surface area contributed by atoms with Crippen molar-refractivity contribution in [3.05, 3.63) is 98.2 Å². The zero-order valence-electron chi connectivity index (χ0n) is 16.1. The van der Waals surface area contributed by atoms with Crippen LogP contribution in [0.3, 0.4) is 0 Å². The summed E-state index contributed by atoms with van der Waals surface area (Å²) in [6.07, 6.45) is 0.205. The van der Waals surface area contributed by atoms with Crippen LogP contribution in [0.15, 0.2) is 72.1 Å². The van der Waals surface area contributed by atoms with Gasteiger partial charge in [0, 0.05) is 24.1 Å². The van der Waals surface area contributed by atoms with Crippen LogP contribution in [0.4, 0.5) is 5.69 Å². The quantitative estimate of drug-likeness (QED) is 0.385. The van der Waals surface area contributed by atoms with Gasteiger partial charge in [0.05, 0.1) is 9.80 Å². The molecule has 1 atom stereocenters. The van der Waals surface area contributed by atoms with Gasteiger partial charge in [-0.25, -0.2) is 0 Å². The summed E-state index contributed by atoms with van der Waals surface area (Å²) in [4.78, 5) is 48.1. The number of hydrazine groups is 1. The van der Waals surface area contributed by atoms with Gasteiger partial charge in [-0.05, 0) is 23.1 Å². The van der Waals surface area contributed by atoms with E-state index in [1.54, 1.807) is 17.5 Å². The van der Waals surface area contributed by atoms with Crippen molar-refractivity contribution in [2.24, 2.45) is 0 Å². The van der Waals surface area contributed by atoms with E-state index in [9.17, 15) is 24.5 Å². The normalized spacial score (nSPS) is 11.2. The van der Waals surface area contributed by atoms with Crippen LogP contribution in [0.25, 0.3) is 0 Å². The molecule has 3 N–H and O–H groups in total. The number of amides is 3. The van der Waals surface area contributed by atoms with Gasteiger partial charge in [0.2, 0.25) is 0 Å².